The number of hydrogen-bond donors (Lipinski definition) is 0. The molecule has 1 fully saturated rings. The number of aryl methyl sites for hydroxylation is 2. The first-order chi connectivity index (χ1) is 13.1. The summed E-state index contributed by atoms with van der Waals surface area (Å²) in [6.07, 6.45) is 0. The van der Waals surface area contributed by atoms with E-state index in [1.807, 2.05) is 32.9 Å². The molecule has 0 spiro atoms. The van der Waals surface area contributed by atoms with Crippen molar-refractivity contribution in [1.82, 2.24) is 13.8 Å². The molecule has 0 unspecified atom stereocenters. The molecule has 154 valence electrons. The maximum absolute atomic E-state index is 12.8. The maximum atomic E-state index is 12.8. The topological polar surface area (TPSA) is 62.6 Å². The first-order valence-electron chi connectivity index (χ1n) is 9.62. The number of sulfonamides is 1. The summed E-state index contributed by atoms with van der Waals surface area (Å²) in [7, 11) is -3.43. The van der Waals surface area contributed by atoms with Crippen LogP contribution in [0.15, 0.2) is 22.4 Å². The van der Waals surface area contributed by atoms with Gasteiger partial charge in [0.2, 0.25) is 0 Å². The third kappa shape index (κ3) is 4.10. The molecule has 0 atom stereocenters. The molecule has 0 saturated carbocycles. The van der Waals surface area contributed by atoms with Gasteiger partial charge in [-0.25, -0.2) is 8.42 Å². The van der Waals surface area contributed by atoms with Crippen molar-refractivity contribution < 1.29 is 13.2 Å². The monoisotopic (exact) mass is 423 g/mol. The molecular formula is C20H29N3O3S2. The van der Waals surface area contributed by atoms with Crippen LogP contribution in [0.3, 0.4) is 0 Å². The molecule has 1 saturated heterocycles. The molecule has 1 aliphatic heterocycles. The van der Waals surface area contributed by atoms with Gasteiger partial charge >= 0.3 is 0 Å². The molecule has 0 radical (unpaired) electrons. The van der Waals surface area contributed by atoms with Crippen LogP contribution in [0.5, 0.6) is 0 Å². The Balaban J connectivity index is 1.63. The van der Waals surface area contributed by atoms with Gasteiger partial charge in [0.05, 0.1) is 6.54 Å². The number of ketones is 1. The van der Waals surface area contributed by atoms with Crippen molar-refractivity contribution in [2.75, 3.05) is 32.7 Å². The third-order valence-corrected chi connectivity index (χ3v) is 8.68. The van der Waals surface area contributed by atoms with Crippen molar-refractivity contribution in [3.63, 3.8) is 0 Å². The number of nitrogens with zero attached hydrogens (tertiary/aromatic N) is 3. The van der Waals surface area contributed by atoms with Gasteiger partial charge in [-0.3, -0.25) is 9.69 Å². The Morgan fingerprint density at radius 3 is 2.25 bits per heavy atom. The second-order valence-corrected chi connectivity index (χ2v) is 11.2. The second kappa shape index (κ2) is 8.10. The number of carbonyl (C=O) groups excluding carboxylic acids is 1. The van der Waals surface area contributed by atoms with Crippen molar-refractivity contribution in [1.29, 1.82) is 0 Å². The molecule has 8 heteroatoms. The van der Waals surface area contributed by atoms with Crippen LogP contribution in [-0.4, -0.2) is 60.7 Å². The lowest BCUT2D eigenvalue weighted by atomic mass is 10.1. The Morgan fingerprint density at radius 1 is 1.11 bits per heavy atom. The lowest BCUT2D eigenvalue weighted by molar-refractivity contribution is 0.0901. The van der Waals surface area contributed by atoms with Gasteiger partial charge in [0.15, 0.2) is 5.78 Å². The van der Waals surface area contributed by atoms with Crippen LogP contribution in [0.25, 0.3) is 0 Å². The molecule has 0 amide bonds. The first-order valence-corrected chi connectivity index (χ1v) is 11.9. The van der Waals surface area contributed by atoms with Gasteiger partial charge in [-0.05, 0) is 52.8 Å². The molecule has 0 aromatic carbocycles. The van der Waals surface area contributed by atoms with E-state index in [1.54, 1.807) is 6.07 Å². The Labute approximate surface area is 171 Å². The Morgan fingerprint density at radius 2 is 1.75 bits per heavy atom. The van der Waals surface area contributed by atoms with Gasteiger partial charge in [-0.15, -0.1) is 11.3 Å². The van der Waals surface area contributed by atoms with Gasteiger partial charge in [-0.1, -0.05) is 0 Å². The summed E-state index contributed by atoms with van der Waals surface area (Å²) in [6.45, 7) is 12.4. The summed E-state index contributed by atoms with van der Waals surface area (Å²) in [5.41, 5.74) is 2.88. The fraction of sp³-hybridized carbons (Fsp3) is 0.550. The minimum atomic E-state index is -3.43. The van der Waals surface area contributed by atoms with E-state index in [0.717, 1.165) is 21.8 Å². The van der Waals surface area contributed by atoms with Crippen LogP contribution in [0.1, 0.15) is 46.5 Å². The van der Waals surface area contributed by atoms with Gasteiger partial charge in [0.1, 0.15) is 4.21 Å². The average molecular weight is 424 g/mol. The minimum Gasteiger partial charge on any atom is -0.346 e. The number of carbonyl (C=O) groups is 1. The molecule has 2 aromatic heterocycles. The highest BCUT2D eigenvalue weighted by molar-refractivity contribution is 7.91. The standard InChI is InChI=1S/C20H29N3O3S2/c1-14(2)23-15(3)12-18(17(23)5)19(24)13-21-8-10-22(11-9-21)28(25,26)20-7-6-16(4)27-20/h6-7,12,14H,8-11,13H2,1-5H3. The zero-order chi connectivity index (χ0) is 20.6. The lowest BCUT2D eigenvalue weighted by Crippen LogP contribution is -2.49. The van der Waals surface area contributed by atoms with E-state index in [4.69, 9.17) is 0 Å². The normalized spacial score (nSPS) is 16.8. The summed E-state index contributed by atoms with van der Waals surface area (Å²) in [6, 6.07) is 5.80. The van der Waals surface area contributed by atoms with E-state index in [9.17, 15) is 13.2 Å². The Hall–Kier alpha value is -1.48. The quantitative estimate of drug-likeness (QED) is 0.669. The zero-order valence-electron chi connectivity index (χ0n) is 17.2. The fourth-order valence-electron chi connectivity index (χ4n) is 3.95. The summed E-state index contributed by atoms with van der Waals surface area (Å²) in [5.74, 6) is 0.102. The molecule has 3 heterocycles. The predicted molar refractivity (Wildman–Crippen MR) is 113 cm³/mol. The largest absolute Gasteiger partial charge is 0.346 e. The van der Waals surface area contributed by atoms with E-state index >= 15 is 0 Å². The lowest BCUT2D eigenvalue weighted by Gasteiger charge is -2.33. The molecule has 0 aliphatic carbocycles. The number of hydrogen-bond acceptors (Lipinski definition) is 5. The van der Waals surface area contributed by atoms with Crippen molar-refractivity contribution in [2.24, 2.45) is 0 Å². The van der Waals surface area contributed by atoms with E-state index < -0.39 is 10.0 Å². The van der Waals surface area contributed by atoms with Gasteiger partial charge in [-0.2, -0.15) is 4.31 Å². The molecule has 2 aromatic rings. The predicted octanol–water partition coefficient (Wildman–Crippen LogP) is 3.24. The maximum Gasteiger partial charge on any atom is 0.252 e. The van der Waals surface area contributed by atoms with Crippen LogP contribution in [0.2, 0.25) is 0 Å². The smallest absolute Gasteiger partial charge is 0.252 e. The number of Topliss-reactive ketones (excluding diaryl/α,β-unsaturated/α-hetero) is 1. The molecule has 6 nitrogen and oxygen atoms in total. The van der Waals surface area contributed by atoms with Gasteiger partial charge in [0, 0.05) is 54.0 Å². The van der Waals surface area contributed by atoms with Crippen LogP contribution in [0, 0.1) is 20.8 Å². The molecule has 28 heavy (non-hydrogen) atoms. The average Bonchev–Trinajstić information content (AvgIpc) is 3.19. The Kier molecular flexibility index (Phi) is 6.14. The molecule has 0 N–H and O–H groups in total. The molecule has 3 rings (SSSR count). The van der Waals surface area contributed by atoms with Gasteiger partial charge in [0.25, 0.3) is 10.0 Å². The van der Waals surface area contributed by atoms with Crippen LogP contribution in [0.4, 0.5) is 0 Å². The summed E-state index contributed by atoms with van der Waals surface area (Å²) < 4.78 is 29.6. The fourth-order valence-corrected chi connectivity index (χ4v) is 6.81. The van der Waals surface area contributed by atoms with Crippen molar-refractivity contribution in [3.8, 4) is 0 Å². The van der Waals surface area contributed by atoms with Crippen LogP contribution < -0.4 is 0 Å². The van der Waals surface area contributed by atoms with E-state index in [2.05, 4.69) is 23.3 Å². The van der Waals surface area contributed by atoms with Crippen molar-refractivity contribution >= 4 is 27.1 Å². The summed E-state index contributed by atoms with van der Waals surface area (Å²) >= 11 is 1.30. The molecule has 0 bridgehead atoms. The summed E-state index contributed by atoms with van der Waals surface area (Å²) in [4.78, 5) is 15.9. The van der Waals surface area contributed by atoms with E-state index in [-0.39, 0.29) is 5.78 Å². The SMILES string of the molecule is Cc1ccc(S(=O)(=O)N2CCN(CC(=O)c3cc(C)n(C(C)C)c3C)CC2)s1. The number of piperazine rings is 1. The highest BCUT2D eigenvalue weighted by Gasteiger charge is 2.30. The van der Waals surface area contributed by atoms with Crippen LogP contribution >= 0.6 is 11.3 Å². The van der Waals surface area contributed by atoms with E-state index in [0.29, 0.717) is 43.0 Å². The summed E-state index contributed by atoms with van der Waals surface area (Å²) in [5, 5.41) is 0. The van der Waals surface area contributed by atoms with Crippen molar-refractivity contribution in [3.05, 3.63) is 40.0 Å². The van der Waals surface area contributed by atoms with Gasteiger partial charge < -0.3 is 4.57 Å². The number of thiophene rings is 1. The second-order valence-electron chi connectivity index (χ2n) is 7.72. The first kappa shape index (κ1) is 21.2. The Bertz CT molecular complexity index is 965. The molecule has 1 aliphatic rings. The van der Waals surface area contributed by atoms with Crippen LogP contribution in [-0.2, 0) is 10.0 Å². The highest BCUT2D eigenvalue weighted by Crippen LogP contribution is 2.25. The number of rotatable bonds is 6. The zero-order valence-corrected chi connectivity index (χ0v) is 18.9. The minimum absolute atomic E-state index is 0.102. The number of aromatic nitrogens is 1. The molecular weight excluding hydrogens is 394 g/mol. The van der Waals surface area contributed by atoms with E-state index in [1.165, 1.54) is 15.6 Å². The van der Waals surface area contributed by atoms with Crippen molar-refractivity contribution in [2.45, 2.75) is 44.9 Å². The highest BCUT2D eigenvalue weighted by atomic mass is 32.2. The third-order valence-electron chi connectivity index (χ3n) is 5.31.